The van der Waals surface area contributed by atoms with Crippen LogP contribution in [0.5, 0.6) is 11.5 Å². The predicted octanol–water partition coefficient (Wildman–Crippen LogP) is 5.85. The number of methoxy groups -OCH3 is 2. The fraction of sp³-hybridized carbons (Fsp3) is 0.241. The lowest BCUT2D eigenvalue weighted by atomic mass is 10.0. The molecule has 5 heteroatoms. The van der Waals surface area contributed by atoms with Gasteiger partial charge < -0.3 is 14.4 Å². The Bertz CT molecular complexity index is 1350. The molecule has 3 aromatic carbocycles. The summed E-state index contributed by atoms with van der Waals surface area (Å²) in [6.45, 7) is 4.76. The summed E-state index contributed by atoms with van der Waals surface area (Å²) in [5.41, 5.74) is 6.80. The molecule has 5 nitrogen and oxygen atoms in total. The molecule has 0 unspecified atom stereocenters. The van der Waals surface area contributed by atoms with Crippen molar-refractivity contribution in [3.05, 3.63) is 89.0 Å². The van der Waals surface area contributed by atoms with Gasteiger partial charge in [-0.05, 0) is 67.3 Å². The fourth-order valence-electron chi connectivity index (χ4n) is 4.04. The number of hydrogen-bond donors (Lipinski definition) is 0. The number of carbonyl (C=O) groups excluding carboxylic acids is 1. The van der Waals surface area contributed by atoms with Crippen LogP contribution in [0.4, 0.5) is 0 Å². The summed E-state index contributed by atoms with van der Waals surface area (Å²) in [6.07, 6.45) is 0.704. The van der Waals surface area contributed by atoms with E-state index in [9.17, 15) is 4.79 Å². The minimum atomic E-state index is -0.0239. The van der Waals surface area contributed by atoms with Gasteiger partial charge in [-0.25, -0.2) is 4.98 Å². The molecule has 4 aromatic rings. The number of aromatic nitrogens is 1. The third-order valence-corrected chi connectivity index (χ3v) is 6.28. The third kappa shape index (κ3) is 4.74. The molecular formula is C29H30N2O3. The Morgan fingerprint density at radius 3 is 2.38 bits per heavy atom. The number of likely N-dealkylation sites (N-methyl/N-ethyl adjacent to an activating group) is 1. The quantitative estimate of drug-likeness (QED) is 0.351. The summed E-state index contributed by atoms with van der Waals surface area (Å²) in [4.78, 5) is 20.2. The van der Waals surface area contributed by atoms with Gasteiger partial charge in [0.25, 0.3) is 5.91 Å². The second-order valence-corrected chi connectivity index (χ2v) is 8.54. The number of fused-ring (bicyclic) bond motifs is 1. The largest absolute Gasteiger partial charge is 0.493 e. The Kier molecular flexibility index (Phi) is 6.82. The molecule has 1 heterocycles. The summed E-state index contributed by atoms with van der Waals surface area (Å²) in [5.74, 6) is 1.36. The fourth-order valence-corrected chi connectivity index (χ4v) is 4.04. The van der Waals surface area contributed by atoms with Gasteiger partial charge in [0.15, 0.2) is 11.5 Å². The smallest absolute Gasteiger partial charge is 0.254 e. The van der Waals surface area contributed by atoms with E-state index in [-0.39, 0.29) is 5.91 Å². The van der Waals surface area contributed by atoms with Crippen LogP contribution in [-0.2, 0) is 6.42 Å². The number of hydrogen-bond acceptors (Lipinski definition) is 4. The van der Waals surface area contributed by atoms with E-state index in [4.69, 9.17) is 14.5 Å². The summed E-state index contributed by atoms with van der Waals surface area (Å²) in [7, 11) is 5.09. The van der Waals surface area contributed by atoms with Crippen molar-refractivity contribution in [3.8, 4) is 22.8 Å². The number of aryl methyl sites for hydroxylation is 2. The van der Waals surface area contributed by atoms with Gasteiger partial charge in [-0.3, -0.25) is 4.79 Å². The van der Waals surface area contributed by atoms with E-state index >= 15 is 0 Å². The lowest BCUT2D eigenvalue weighted by molar-refractivity contribution is 0.0798. The van der Waals surface area contributed by atoms with Crippen LogP contribution in [0.25, 0.3) is 22.2 Å². The first kappa shape index (κ1) is 23.3. The van der Waals surface area contributed by atoms with Gasteiger partial charge in [0.2, 0.25) is 0 Å². The second-order valence-electron chi connectivity index (χ2n) is 8.54. The summed E-state index contributed by atoms with van der Waals surface area (Å²) in [6, 6.07) is 21.9. The molecule has 1 aromatic heterocycles. The van der Waals surface area contributed by atoms with Gasteiger partial charge in [-0.1, -0.05) is 36.4 Å². The number of pyridine rings is 1. The molecule has 34 heavy (non-hydrogen) atoms. The van der Waals surface area contributed by atoms with Crippen molar-refractivity contribution in [2.75, 3.05) is 27.8 Å². The Morgan fingerprint density at radius 1 is 0.882 bits per heavy atom. The molecule has 0 bridgehead atoms. The van der Waals surface area contributed by atoms with Crippen LogP contribution >= 0.6 is 0 Å². The first-order valence-electron chi connectivity index (χ1n) is 11.3. The van der Waals surface area contributed by atoms with Crippen molar-refractivity contribution in [1.82, 2.24) is 9.88 Å². The highest BCUT2D eigenvalue weighted by molar-refractivity contribution is 6.07. The van der Waals surface area contributed by atoms with Crippen molar-refractivity contribution in [1.29, 1.82) is 0 Å². The SMILES string of the molecule is COc1ccc(CCN(C)C(=O)c2cc(-c3ccc(C)c(C)c3)nc3ccccc23)cc1OC. The van der Waals surface area contributed by atoms with Crippen LogP contribution in [0, 0.1) is 13.8 Å². The van der Waals surface area contributed by atoms with Crippen molar-refractivity contribution in [2.24, 2.45) is 0 Å². The molecule has 0 N–H and O–H groups in total. The van der Waals surface area contributed by atoms with Crippen LogP contribution in [-0.4, -0.2) is 43.6 Å². The summed E-state index contributed by atoms with van der Waals surface area (Å²) >= 11 is 0. The molecule has 0 saturated carbocycles. The van der Waals surface area contributed by atoms with E-state index in [0.717, 1.165) is 27.7 Å². The molecule has 0 atom stereocenters. The number of carbonyl (C=O) groups is 1. The van der Waals surface area contributed by atoms with Crippen LogP contribution in [0.3, 0.4) is 0 Å². The Morgan fingerprint density at radius 2 is 1.65 bits per heavy atom. The summed E-state index contributed by atoms with van der Waals surface area (Å²) in [5, 5.41) is 0.859. The van der Waals surface area contributed by atoms with E-state index in [1.54, 1.807) is 19.1 Å². The minimum Gasteiger partial charge on any atom is -0.493 e. The second kappa shape index (κ2) is 9.96. The molecular weight excluding hydrogens is 424 g/mol. The van der Waals surface area contributed by atoms with Gasteiger partial charge in [0.05, 0.1) is 31.0 Å². The van der Waals surface area contributed by atoms with Gasteiger partial charge in [-0.2, -0.15) is 0 Å². The molecule has 4 rings (SSSR count). The topological polar surface area (TPSA) is 51.7 Å². The average molecular weight is 455 g/mol. The van der Waals surface area contributed by atoms with E-state index in [1.807, 2.05) is 55.6 Å². The van der Waals surface area contributed by atoms with Crippen LogP contribution in [0.1, 0.15) is 27.0 Å². The third-order valence-electron chi connectivity index (χ3n) is 6.28. The van der Waals surface area contributed by atoms with Crippen molar-refractivity contribution < 1.29 is 14.3 Å². The van der Waals surface area contributed by atoms with Crippen LogP contribution in [0.15, 0.2) is 66.7 Å². The molecule has 0 aliphatic rings. The lowest BCUT2D eigenvalue weighted by Crippen LogP contribution is -2.29. The number of rotatable bonds is 7. The first-order valence-corrected chi connectivity index (χ1v) is 11.3. The highest BCUT2D eigenvalue weighted by Crippen LogP contribution is 2.29. The number of para-hydroxylation sites is 1. The maximum absolute atomic E-state index is 13.6. The normalized spacial score (nSPS) is 10.9. The Hall–Kier alpha value is -3.86. The van der Waals surface area contributed by atoms with E-state index in [1.165, 1.54) is 11.1 Å². The number of ether oxygens (including phenoxy) is 2. The maximum atomic E-state index is 13.6. The van der Waals surface area contributed by atoms with Gasteiger partial charge in [0, 0.05) is 24.5 Å². The van der Waals surface area contributed by atoms with Crippen molar-refractivity contribution in [3.63, 3.8) is 0 Å². The van der Waals surface area contributed by atoms with E-state index in [2.05, 4.69) is 32.0 Å². The number of nitrogens with zero attached hydrogens (tertiary/aromatic N) is 2. The zero-order valence-corrected chi connectivity index (χ0v) is 20.4. The van der Waals surface area contributed by atoms with E-state index in [0.29, 0.717) is 30.0 Å². The zero-order valence-electron chi connectivity index (χ0n) is 20.4. The molecule has 174 valence electrons. The minimum absolute atomic E-state index is 0.0239. The summed E-state index contributed by atoms with van der Waals surface area (Å²) < 4.78 is 10.7. The molecule has 0 aliphatic carbocycles. The van der Waals surface area contributed by atoms with Crippen molar-refractivity contribution in [2.45, 2.75) is 20.3 Å². The van der Waals surface area contributed by atoms with Gasteiger partial charge >= 0.3 is 0 Å². The predicted molar refractivity (Wildman–Crippen MR) is 137 cm³/mol. The van der Waals surface area contributed by atoms with E-state index < -0.39 is 0 Å². The maximum Gasteiger partial charge on any atom is 0.254 e. The number of amides is 1. The van der Waals surface area contributed by atoms with Crippen molar-refractivity contribution >= 4 is 16.8 Å². The molecule has 0 fully saturated rings. The standard InChI is InChI=1S/C29H30N2O3/c1-19-10-12-22(16-20(19)2)26-18-24(23-8-6-7-9-25(23)30-26)29(32)31(3)15-14-21-11-13-27(33-4)28(17-21)34-5/h6-13,16-18H,14-15H2,1-5H3. The number of benzene rings is 3. The molecule has 0 radical (unpaired) electrons. The first-order chi connectivity index (χ1) is 16.4. The zero-order chi connectivity index (χ0) is 24.2. The van der Waals surface area contributed by atoms with Crippen LogP contribution < -0.4 is 9.47 Å². The average Bonchev–Trinajstić information content (AvgIpc) is 2.87. The van der Waals surface area contributed by atoms with Gasteiger partial charge in [0.1, 0.15) is 0 Å². The van der Waals surface area contributed by atoms with Crippen LogP contribution in [0.2, 0.25) is 0 Å². The molecule has 0 aliphatic heterocycles. The molecule has 0 saturated heterocycles. The highest BCUT2D eigenvalue weighted by atomic mass is 16.5. The monoisotopic (exact) mass is 454 g/mol. The Balaban J connectivity index is 1.63. The molecule has 1 amide bonds. The highest BCUT2D eigenvalue weighted by Gasteiger charge is 2.18. The van der Waals surface area contributed by atoms with Gasteiger partial charge in [-0.15, -0.1) is 0 Å². The lowest BCUT2D eigenvalue weighted by Gasteiger charge is -2.19. The molecule has 0 spiro atoms. The Labute approximate surface area is 201 Å².